The van der Waals surface area contributed by atoms with Crippen molar-refractivity contribution in [2.75, 3.05) is 0 Å². The van der Waals surface area contributed by atoms with Crippen LogP contribution in [0.25, 0.3) is 0 Å². The third-order valence-electron chi connectivity index (χ3n) is 5.34. The minimum atomic E-state index is -0.632. The van der Waals surface area contributed by atoms with E-state index in [1.54, 1.807) is 72.8 Å². The Balaban J connectivity index is 1.82. The smallest absolute Gasteiger partial charge is 0.124 e. The molecule has 0 amide bonds. The normalized spacial score (nSPS) is 13.4. The van der Waals surface area contributed by atoms with Crippen LogP contribution < -0.4 is 0 Å². The molecule has 34 heavy (non-hydrogen) atoms. The molecule has 170 valence electrons. The summed E-state index contributed by atoms with van der Waals surface area (Å²) in [5.41, 5.74) is 2.38. The Bertz CT molecular complexity index is 1200. The average molecular weight is 456 g/mol. The first-order chi connectivity index (χ1) is 16.5. The Labute approximate surface area is 196 Å². The first-order valence-corrected chi connectivity index (χ1v) is 10.6. The van der Waals surface area contributed by atoms with E-state index in [1.165, 1.54) is 36.7 Å². The number of nitrogens with zero attached hydrogens (tertiary/aromatic N) is 2. The van der Waals surface area contributed by atoms with E-state index >= 15 is 0 Å². The molecular weight excluding hydrogens is 434 g/mol. The van der Waals surface area contributed by atoms with Gasteiger partial charge in [0, 0.05) is 23.6 Å². The highest BCUT2D eigenvalue weighted by atomic mass is 19.1. The predicted molar refractivity (Wildman–Crippen MR) is 130 cm³/mol. The number of para-hydroxylation sites is 2. The van der Waals surface area contributed by atoms with Crippen molar-refractivity contribution in [2.45, 2.75) is 12.1 Å². The molecule has 4 rings (SSSR count). The van der Waals surface area contributed by atoms with Gasteiger partial charge in [0.2, 0.25) is 0 Å². The molecule has 0 heterocycles. The number of halogens is 2. The van der Waals surface area contributed by atoms with Crippen molar-refractivity contribution in [1.29, 1.82) is 0 Å². The van der Waals surface area contributed by atoms with Gasteiger partial charge >= 0.3 is 0 Å². The lowest BCUT2D eigenvalue weighted by Crippen LogP contribution is -2.09. The number of aliphatic imine (C=N–C) groups is 2. The van der Waals surface area contributed by atoms with Gasteiger partial charge in [0.1, 0.15) is 35.2 Å². The van der Waals surface area contributed by atoms with Crippen molar-refractivity contribution >= 4 is 12.4 Å². The average Bonchev–Trinajstić information content (AvgIpc) is 2.84. The first-order valence-electron chi connectivity index (χ1n) is 10.6. The van der Waals surface area contributed by atoms with Gasteiger partial charge in [-0.1, -0.05) is 48.5 Å². The molecule has 0 aliphatic rings. The Hall–Kier alpha value is -4.32. The molecule has 0 fully saturated rings. The molecule has 2 unspecified atom stereocenters. The van der Waals surface area contributed by atoms with Crippen LogP contribution in [0.15, 0.2) is 107 Å². The molecule has 0 aliphatic heterocycles. The number of phenols is 2. The largest absolute Gasteiger partial charge is 0.507 e. The van der Waals surface area contributed by atoms with Gasteiger partial charge < -0.3 is 10.2 Å². The van der Waals surface area contributed by atoms with Crippen molar-refractivity contribution < 1.29 is 19.0 Å². The predicted octanol–water partition coefficient (Wildman–Crippen LogP) is 6.40. The van der Waals surface area contributed by atoms with E-state index in [2.05, 4.69) is 0 Å². The maximum atomic E-state index is 13.7. The summed E-state index contributed by atoms with van der Waals surface area (Å²) >= 11 is 0. The van der Waals surface area contributed by atoms with Crippen LogP contribution >= 0.6 is 0 Å². The van der Waals surface area contributed by atoms with Crippen molar-refractivity contribution in [3.63, 3.8) is 0 Å². The number of hydrogen-bond donors (Lipinski definition) is 2. The van der Waals surface area contributed by atoms with Gasteiger partial charge in [0.15, 0.2) is 0 Å². The van der Waals surface area contributed by atoms with Crippen molar-refractivity contribution in [2.24, 2.45) is 9.98 Å². The van der Waals surface area contributed by atoms with Crippen LogP contribution in [0.5, 0.6) is 11.5 Å². The van der Waals surface area contributed by atoms with Crippen LogP contribution in [0.4, 0.5) is 8.78 Å². The lowest BCUT2D eigenvalue weighted by molar-refractivity contribution is 0.473. The minimum absolute atomic E-state index is 0.0696. The standard InChI is InChI=1S/C28H22F2N2O2/c29-23-13-9-19(10-14-23)27(31-17-21-5-1-3-7-25(21)33)28(20-11-15-24(30)16-12-20)32-18-22-6-2-4-8-26(22)34/h1-18,27-28,33-34H. The molecule has 0 bridgehead atoms. The maximum Gasteiger partial charge on any atom is 0.124 e. The molecular formula is C28H22F2N2O2. The summed E-state index contributed by atoms with van der Waals surface area (Å²) in [7, 11) is 0. The molecule has 4 aromatic carbocycles. The Morgan fingerprint density at radius 3 is 1.24 bits per heavy atom. The number of rotatable bonds is 7. The molecule has 0 aliphatic carbocycles. The highest BCUT2D eigenvalue weighted by Gasteiger charge is 2.24. The molecule has 0 radical (unpaired) electrons. The zero-order chi connectivity index (χ0) is 23.9. The van der Waals surface area contributed by atoms with E-state index in [0.717, 1.165) is 0 Å². The van der Waals surface area contributed by atoms with Crippen LogP contribution in [0, 0.1) is 11.6 Å². The van der Waals surface area contributed by atoms with Crippen LogP contribution in [0.3, 0.4) is 0 Å². The monoisotopic (exact) mass is 456 g/mol. The van der Waals surface area contributed by atoms with E-state index in [0.29, 0.717) is 22.3 Å². The molecule has 0 saturated carbocycles. The Morgan fingerprint density at radius 1 is 0.529 bits per heavy atom. The lowest BCUT2D eigenvalue weighted by Gasteiger charge is -2.22. The van der Waals surface area contributed by atoms with Crippen molar-refractivity contribution in [3.8, 4) is 11.5 Å². The molecule has 2 atom stereocenters. The van der Waals surface area contributed by atoms with Crippen LogP contribution in [-0.4, -0.2) is 22.6 Å². The quantitative estimate of drug-likeness (QED) is 0.316. The molecule has 6 heteroatoms. The number of aromatic hydroxyl groups is 2. The number of benzene rings is 4. The molecule has 0 aromatic heterocycles. The fourth-order valence-electron chi connectivity index (χ4n) is 3.53. The highest BCUT2D eigenvalue weighted by Crippen LogP contribution is 2.36. The van der Waals surface area contributed by atoms with Crippen LogP contribution in [0.1, 0.15) is 34.3 Å². The summed E-state index contributed by atoms with van der Waals surface area (Å²) in [6.45, 7) is 0. The Kier molecular flexibility index (Phi) is 7.08. The van der Waals surface area contributed by atoms with E-state index in [1.807, 2.05) is 0 Å². The lowest BCUT2D eigenvalue weighted by atomic mass is 9.94. The number of phenolic OH excluding ortho intramolecular Hbond substituents is 2. The topological polar surface area (TPSA) is 65.2 Å². The SMILES string of the molecule is Oc1ccccc1C=NC(c1ccc(F)cc1)C(N=Cc1ccccc1O)c1ccc(F)cc1. The molecule has 0 spiro atoms. The van der Waals surface area contributed by atoms with E-state index in [4.69, 9.17) is 9.98 Å². The summed E-state index contributed by atoms with van der Waals surface area (Å²) in [6, 6.07) is 24.1. The van der Waals surface area contributed by atoms with Gasteiger partial charge in [-0.15, -0.1) is 0 Å². The van der Waals surface area contributed by atoms with Gasteiger partial charge in [-0.25, -0.2) is 8.78 Å². The molecule has 2 N–H and O–H groups in total. The minimum Gasteiger partial charge on any atom is -0.507 e. The van der Waals surface area contributed by atoms with Gasteiger partial charge in [0.25, 0.3) is 0 Å². The molecule has 4 nitrogen and oxygen atoms in total. The molecule has 0 saturated heterocycles. The third kappa shape index (κ3) is 5.53. The third-order valence-corrected chi connectivity index (χ3v) is 5.34. The molecule has 4 aromatic rings. The second-order valence-corrected chi connectivity index (χ2v) is 7.67. The first kappa shape index (κ1) is 22.9. The second-order valence-electron chi connectivity index (χ2n) is 7.67. The maximum absolute atomic E-state index is 13.7. The van der Waals surface area contributed by atoms with Crippen molar-refractivity contribution in [1.82, 2.24) is 0 Å². The van der Waals surface area contributed by atoms with Gasteiger partial charge in [0.05, 0.1) is 0 Å². The van der Waals surface area contributed by atoms with Gasteiger partial charge in [-0.2, -0.15) is 0 Å². The summed E-state index contributed by atoms with van der Waals surface area (Å²) in [5, 5.41) is 20.3. The number of hydrogen-bond acceptors (Lipinski definition) is 4. The van der Waals surface area contributed by atoms with Crippen LogP contribution in [0.2, 0.25) is 0 Å². The fraction of sp³-hybridized carbons (Fsp3) is 0.0714. The summed E-state index contributed by atoms with van der Waals surface area (Å²) < 4.78 is 27.3. The van der Waals surface area contributed by atoms with Crippen LogP contribution in [-0.2, 0) is 0 Å². The summed E-state index contributed by atoms with van der Waals surface area (Å²) in [5.74, 6) is -0.633. The fourth-order valence-corrected chi connectivity index (χ4v) is 3.53. The Morgan fingerprint density at radius 2 is 0.882 bits per heavy atom. The van der Waals surface area contributed by atoms with Gasteiger partial charge in [-0.3, -0.25) is 9.98 Å². The zero-order valence-electron chi connectivity index (χ0n) is 18.1. The summed E-state index contributed by atoms with van der Waals surface area (Å²) in [4.78, 5) is 9.42. The van der Waals surface area contributed by atoms with E-state index < -0.39 is 12.1 Å². The van der Waals surface area contributed by atoms with Crippen molar-refractivity contribution in [3.05, 3.63) is 131 Å². The van der Waals surface area contributed by atoms with E-state index in [-0.39, 0.29) is 23.1 Å². The second kappa shape index (κ2) is 10.5. The zero-order valence-corrected chi connectivity index (χ0v) is 18.1. The highest BCUT2D eigenvalue weighted by molar-refractivity contribution is 5.84. The van der Waals surface area contributed by atoms with Gasteiger partial charge in [-0.05, 0) is 59.7 Å². The van der Waals surface area contributed by atoms with E-state index in [9.17, 15) is 19.0 Å². The summed E-state index contributed by atoms with van der Waals surface area (Å²) in [6.07, 6.45) is 3.07.